The highest BCUT2D eigenvalue weighted by molar-refractivity contribution is 6.65. The Morgan fingerprint density at radius 3 is 1.72 bits per heavy atom. The monoisotopic (exact) mass is 511 g/mol. The van der Waals surface area contributed by atoms with Gasteiger partial charge in [0.1, 0.15) is 9.75 Å². The number of halogens is 6. The highest BCUT2D eigenvalue weighted by atomic mass is 35.5. The van der Waals surface area contributed by atoms with E-state index in [4.69, 9.17) is 69.6 Å². The number of alkyl halides is 4. The summed E-state index contributed by atoms with van der Waals surface area (Å²) in [5.41, 5.74) is 0.893. The van der Waals surface area contributed by atoms with Crippen molar-refractivity contribution < 1.29 is 9.59 Å². The average Bonchev–Trinajstić information content (AvgIpc) is 3.05. The van der Waals surface area contributed by atoms with E-state index >= 15 is 0 Å². The van der Waals surface area contributed by atoms with Crippen molar-refractivity contribution in [2.75, 3.05) is 0 Å². The zero-order valence-corrected chi connectivity index (χ0v) is 19.4. The van der Waals surface area contributed by atoms with Gasteiger partial charge in [-0.1, -0.05) is 76.7 Å². The molecule has 1 saturated heterocycles. The highest BCUT2D eigenvalue weighted by Crippen LogP contribution is 2.79. The molecule has 3 fully saturated rings. The minimum absolute atomic E-state index is 0.137. The summed E-state index contributed by atoms with van der Waals surface area (Å²) in [7, 11) is 0. The molecule has 154 valence electrons. The van der Waals surface area contributed by atoms with E-state index in [0.717, 1.165) is 5.56 Å². The largest absolute Gasteiger partial charge is 0.278 e. The van der Waals surface area contributed by atoms with Crippen LogP contribution < -0.4 is 0 Å². The van der Waals surface area contributed by atoms with Gasteiger partial charge in [-0.05, 0) is 30.2 Å². The quantitative estimate of drug-likeness (QED) is 0.378. The normalized spacial score (nSPS) is 42.5. The number of amides is 2. The molecule has 0 N–H and O–H groups in total. The molecule has 0 unspecified atom stereocenters. The van der Waals surface area contributed by atoms with E-state index in [1.165, 1.54) is 4.90 Å². The average molecular weight is 514 g/mol. The molecule has 29 heavy (non-hydrogen) atoms. The van der Waals surface area contributed by atoms with Crippen LogP contribution in [0.2, 0.25) is 0 Å². The first-order valence-electron chi connectivity index (χ1n) is 9.27. The summed E-state index contributed by atoms with van der Waals surface area (Å²) in [5.74, 6) is -2.10. The van der Waals surface area contributed by atoms with Crippen molar-refractivity contribution in [2.24, 2.45) is 23.7 Å². The van der Waals surface area contributed by atoms with Crippen LogP contribution in [0.15, 0.2) is 40.4 Å². The molecule has 0 spiro atoms. The van der Waals surface area contributed by atoms with Crippen LogP contribution in [-0.4, -0.2) is 30.8 Å². The van der Waals surface area contributed by atoms with E-state index in [1.54, 1.807) is 0 Å². The fourth-order valence-corrected chi connectivity index (χ4v) is 8.82. The Hall–Kier alpha value is -0.160. The maximum absolute atomic E-state index is 13.1. The molecular weight excluding hydrogens is 499 g/mol. The van der Waals surface area contributed by atoms with Crippen LogP contribution in [0.4, 0.5) is 0 Å². The summed E-state index contributed by atoms with van der Waals surface area (Å²) in [6.07, 6.45) is 0.676. The van der Waals surface area contributed by atoms with Crippen molar-refractivity contribution >= 4 is 81.4 Å². The minimum atomic E-state index is -1.64. The molecule has 2 bridgehead atoms. The van der Waals surface area contributed by atoms with Crippen LogP contribution in [-0.2, 0) is 16.1 Å². The molecule has 0 radical (unpaired) electrons. The third kappa shape index (κ3) is 2.30. The molecule has 4 aliphatic rings. The molecule has 1 aromatic rings. The first-order valence-corrected chi connectivity index (χ1v) is 11.5. The number of hydrogen-bond acceptors (Lipinski definition) is 2. The van der Waals surface area contributed by atoms with Gasteiger partial charge in [0.2, 0.25) is 11.8 Å². The second-order valence-corrected chi connectivity index (χ2v) is 11.5. The summed E-state index contributed by atoms with van der Waals surface area (Å²) < 4.78 is -1.64. The Bertz CT molecular complexity index is 911. The molecule has 2 saturated carbocycles. The van der Waals surface area contributed by atoms with Crippen LogP contribution in [0.5, 0.6) is 0 Å². The lowest BCUT2D eigenvalue weighted by atomic mass is 9.65. The number of carbonyl (C=O) groups is 2. The minimum Gasteiger partial charge on any atom is -0.278 e. The summed E-state index contributed by atoms with van der Waals surface area (Å²) in [6.45, 7) is 0.244. The number of likely N-dealkylation sites (tertiary alicyclic amines) is 1. The van der Waals surface area contributed by atoms with Gasteiger partial charge in [-0.2, -0.15) is 0 Å². The number of allylic oxidation sites excluding steroid dienone is 2. The predicted octanol–water partition coefficient (Wildman–Crippen LogP) is 5.66. The van der Waals surface area contributed by atoms with Crippen LogP contribution in [0.1, 0.15) is 18.4 Å². The standard InChI is InChI=1S/C20H15Cl6NO2/c21-14-15(22)19(24)13-7-11-10(6-12(13)18(14,23)20(19,25)26)16(28)27(17(11)29)8-9-4-2-1-3-5-9/h1-5,10-13H,6-8H2/t10-,11+,12-,13-,18-,19-/m1/s1. The van der Waals surface area contributed by atoms with E-state index in [1.807, 2.05) is 30.3 Å². The van der Waals surface area contributed by atoms with Gasteiger partial charge in [0, 0.05) is 0 Å². The van der Waals surface area contributed by atoms with E-state index in [0.29, 0.717) is 12.8 Å². The van der Waals surface area contributed by atoms with Crippen LogP contribution in [0.25, 0.3) is 0 Å². The number of carbonyl (C=O) groups excluding carboxylic acids is 2. The van der Waals surface area contributed by atoms with E-state index in [2.05, 4.69) is 0 Å². The van der Waals surface area contributed by atoms with Gasteiger partial charge >= 0.3 is 0 Å². The summed E-state index contributed by atoms with van der Waals surface area (Å²) in [4.78, 5) is 24.8. The van der Waals surface area contributed by atoms with Crippen LogP contribution in [0, 0.1) is 23.7 Å². The zero-order valence-electron chi connectivity index (χ0n) is 14.8. The van der Waals surface area contributed by atoms with Crippen LogP contribution in [0.3, 0.4) is 0 Å². The smallest absolute Gasteiger partial charge is 0.233 e. The molecule has 3 nitrogen and oxygen atoms in total. The van der Waals surface area contributed by atoms with Crippen molar-refractivity contribution in [3.63, 3.8) is 0 Å². The molecule has 1 aromatic carbocycles. The Kier molecular flexibility index (Phi) is 4.60. The lowest BCUT2D eigenvalue weighted by Gasteiger charge is -2.42. The van der Waals surface area contributed by atoms with Crippen molar-refractivity contribution in [3.8, 4) is 0 Å². The van der Waals surface area contributed by atoms with Crippen LogP contribution >= 0.6 is 69.6 Å². The van der Waals surface area contributed by atoms with Crippen molar-refractivity contribution in [1.29, 1.82) is 0 Å². The first kappa shape index (κ1) is 20.7. The molecule has 6 atom stereocenters. The molecule has 1 heterocycles. The molecule has 2 amide bonds. The lowest BCUT2D eigenvalue weighted by Crippen LogP contribution is -2.44. The number of rotatable bonds is 2. The van der Waals surface area contributed by atoms with E-state index < -0.39 is 25.9 Å². The van der Waals surface area contributed by atoms with Gasteiger partial charge < -0.3 is 0 Å². The topological polar surface area (TPSA) is 37.4 Å². The SMILES string of the molecule is O=C1[C@H]2C[C@@H]3[C@@H](C[C@H]2C(=O)N1Cc1ccccc1)[C@@]1(Cl)C(Cl)=C(Cl)[C@@]3(Cl)C1(Cl)Cl. The Morgan fingerprint density at radius 1 is 0.828 bits per heavy atom. The maximum Gasteiger partial charge on any atom is 0.233 e. The van der Waals surface area contributed by atoms with Gasteiger partial charge in [0.25, 0.3) is 0 Å². The second-order valence-electron chi connectivity index (χ2n) is 8.27. The summed E-state index contributed by atoms with van der Waals surface area (Å²) in [6, 6.07) is 9.41. The van der Waals surface area contributed by atoms with Gasteiger partial charge in [-0.3, -0.25) is 14.5 Å². The highest BCUT2D eigenvalue weighted by Gasteiger charge is 2.83. The third-order valence-corrected chi connectivity index (χ3v) is 11.5. The van der Waals surface area contributed by atoms with Crippen molar-refractivity contribution in [1.82, 2.24) is 4.90 Å². The van der Waals surface area contributed by atoms with Gasteiger partial charge in [-0.15, -0.1) is 23.2 Å². The number of hydrogen-bond donors (Lipinski definition) is 0. The summed E-state index contributed by atoms with van der Waals surface area (Å²) in [5, 5.41) is 0.275. The fraction of sp³-hybridized carbons (Fsp3) is 0.500. The second kappa shape index (κ2) is 6.43. The van der Waals surface area contributed by atoms with E-state index in [-0.39, 0.29) is 40.3 Å². The Labute approximate surface area is 198 Å². The van der Waals surface area contributed by atoms with Crippen molar-refractivity contribution in [3.05, 3.63) is 46.0 Å². The third-order valence-electron chi connectivity index (χ3n) is 7.10. The predicted molar refractivity (Wildman–Crippen MR) is 116 cm³/mol. The number of benzene rings is 1. The zero-order chi connectivity index (χ0) is 20.9. The number of fused-ring (bicyclic) bond motifs is 6. The van der Waals surface area contributed by atoms with Crippen molar-refractivity contribution in [2.45, 2.75) is 33.5 Å². The molecule has 3 aliphatic carbocycles. The summed E-state index contributed by atoms with van der Waals surface area (Å²) >= 11 is 40.0. The molecular formula is C20H15Cl6NO2. The van der Waals surface area contributed by atoms with Gasteiger partial charge in [-0.25, -0.2) is 0 Å². The molecule has 0 aromatic heterocycles. The number of nitrogens with zero attached hydrogens (tertiary/aromatic N) is 1. The fourth-order valence-electron chi connectivity index (χ4n) is 5.71. The van der Waals surface area contributed by atoms with Gasteiger partial charge in [0.05, 0.1) is 28.4 Å². The molecule has 5 rings (SSSR count). The number of imide groups is 1. The Balaban J connectivity index is 1.50. The lowest BCUT2D eigenvalue weighted by molar-refractivity contribution is -0.140. The Morgan fingerprint density at radius 2 is 1.28 bits per heavy atom. The molecule has 1 aliphatic heterocycles. The van der Waals surface area contributed by atoms with E-state index in [9.17, 15) is 9.59 Å². The van der Waals surface area contributed by atoms with Gasteiger partial charge in [0.15, 0.2) is 4.33 Å². The molecule has 9 heteroatoms. The maximum atomic E-state index is 13.1. The first-order chi connectivity index (χ1) is 13.6.